The molecule has 0 fully saturated rings. The number of hydrogen-bond acceptors (Lipinski definition) is 4. The summed E-state index contributed by atoms with van der Waals surface area (Å²) in [5.74, 6) is 1.23. The van der Waals surface area contributed by atoms with Crippen LogP contribution in [0.25, 0.3) is 0 Å². The molecule has 25 heavy (non-hydrogen) atoms. The fraction of sp³-hybridized carbons (Fsp3) is 0.316. The molecule has 1 atom stereocenters. The van der Waals surface area contributed by atoms with E-state index in [-0.39, 0.29) is 12.6 Å². The van der Waals surface area contributed by atoms with Crippen molar-refractivity contribution in [2.24, 2.45) is 0 Å². The van der Waals surface area contributed by atoms with Crippen molar-refractivity contribution in [3.63, 3.8) is 0 Å². The third kappa shape index (κ3) is 5.13. The van der Waals surface area contributed by atoms with Crippen molar-refractivity contribution >= 4 is 22.0 Å². The Hall–Kier alpha value is -2.21. The number of benzene rings is 2. The van der Waals surface area contributed by atoms with Crippen LogP contribution in [0.5, 0.6) is 11.5 Å². The summed E-state index contributed by atoms with van der Waals surface area (Å²) in [7, 11) is 3.17. The predicted octanol–water partition coefficient (Wildman–Crippen LogP) is 4.84. The minimum absolute atomic E-state index is 0.211. The van der Waals surface area contributed by atoms with E-state index in [1.54, 1.807) is 14.2 Å². The monoisotopic (exact) mass is 407 g/mol. The number of nitrogens with one attached hydrogen (secondary N) is 1. The predicted molar refractivity (Wildman–Crippen MR) is 100 cm³/mol. The van der Waals surface area contributed by atoms with Crippen molar-refractivity contribution in [1.29, 1.82) is 0 Å². The molecule has 0 saturated carbocycles. The van der Waals surface area contributed by atoms with Crippen LogP contribution in [0.15, 0.2) is 46.9 Å². The van der Waals surface area contributed by atoms with Gasteiger partial charge in [-0.2, -0.15) is 0 Å². The van der Waals surface area contributed by atoms with E-state index >= 15 is 0 Å². The van der Waals surface area contributed by atoms with Gasteiger partial charge in [0.2, 0.25) is 0 Å². The third-order valence-corrected chi connectivity index (χ3v) is 4.48. The van der Waals surface area contributed by atoms with Crippen molar-refractivity contribution in [3.05, 3.63) is 58.1 Å². The Morgan fingerprint density at radius 1 is 1.12 bits per heavy atom. The second-order valence-electron chi connectivity index (χ2n) is 5.40. The molecule has 0 aliphatic heterocycles. The van der Waals surface area contributed by atoms with Gasteiger partial charge in [-0.1, -0.05) is 53.2 Å². The van der Waals surface area contributed by atoms with Gasteiger partial charge in [0.1, 0.15) is 6.61 Å². The normalized spacial score (nSPS) is 11.5. The van der Waals surface area contributed by atoms with Gasteiger partial charge in [-0.05, 0) is 29.7 Å². The molecule has 0 heterocycles. The van der Waals surface area contributed by atoms with Gasteiger partial charge in [0, 0.05) is 4.47 Å². The van der Waals surface area contributed by atoms with E-state index in [4.69, 9.17) is 14.2 Å². The van der Waals surface area contributed by atoms with E-state index in [1.165, 1.54) is 0 Å². The number of carbonyl (C=O) groups is 1. The first kappa shape index (κ1) is 19.1. The minimum Gasteiger partial charge on any atom is -0.493 e. The Balaban J connectivity index is 2.07. The third-order valence-electron chi connectivity index (χ3n) is 3.79. The molecule has 0 saturated heterocycles. The van der Waals surface area contributed by atoms with Gasteiger partial charge in [-0.25, -0.2) is 4.79 Å². The summed E-state index contributed by atoms with van der Waals surface area (Å²) < 4.78 is 16.8. The zero-order valence-corrected chi connectivity index (χ0v) is 16.1. The Morgan fingerprint density at radius 2 is 1.76 bits per heavy atom. The van der Waals surface area contributed by atoms with Gasteiger partial charge >= 0.3 is 6.09 Å². The molecule has 0 radical (unpaired) electrons. The summed E-state index contributed by atoms with van der Waals surface area (Å²) in [4.78, 5) is 12.1. The molecule has 5 nitrogen and oxygen atoms in total. The Bertz CT molecular complexity index is 706. The van der Waals surface area contributed by atoms with Gasteiger partial charge in [-0.3, -0.25) is 0 Å². The maximum absolute atomic E-state index is 12.1. The Kier molecular flexibility index (Phi) is 7.13. The van der Waals surface area contributed by atoms with E-state index in [2.05, 4.69) is 21.2 Å². The van der Waals surface area contributed by atoms with E-state index in [0.29, 0.717) is 17.9 Å². The van der Waals surface area contributed by atoms with Gasteiger partial charge in [0.15, 0.2) is 11.5 Å². The molecule has 134 valence electrons. The average Bonchev–Trinajstić information content (AvgIpc) is 2.65. The molecule has 2 aromatic rings. The number of hydrogen-bond donors (Lipinski definition) is 1. The lowest BCUT2D eigenvalue weighted by Gasteiger charge is -2.20. The van der Waals surface area contributed by atoms with Gasteiger partial charge in [-0.15, -0.1) is 0 Å². The largest absolute Gasteiger partial charge is 0.493 e. The number of alkyl carbamates (subject to hydrolysis) is 1. The molecule has 0 aliphatic carbocycles. The molecule has 2 rings (SSSR count). The highest BCUT2D eigenvalue weighted by atomic mass is 79.9. The molecule has 0 unspecified atom stereocenters. The first-order valence-electron chi connectivity index (χ1n) is 7.97. The summed E-state index contributed by atoms with van der Waals surface area (Å²) >= 11 is 3.53. The maximum atomic E-state index is 12.1. The summed E-state index contributed by atoms with van der Waals surface area (Å²) in [6, 6.07) is 13.0. The second kappa shape index (κ2) is 9.32. The zero-order chi connectivity index (χ0) is 18.2. The molecule has 2 aromatic carbocycles. The van der Waals surface area contributed by atoms with Crippen LogP contribution in [0.1, 0.15) is 30.5 Å². The van der Waals surface area contributed by atoms with Crippen LogP contribution in [-0.4, -0.2) is 20.3 Å². The number of methoxy groups -OCH3 is 2. The number of carbonyl (C=O) groups excluding carboxylic acids is 1. The Labute approximate surface area is 156 Å². The van der Waals surface area contributed by atoms with Crippen LogP contribution in [0.2, 0.25) is 0 Å². The van der Waals surface area contributed by atoms with E-state index in [1.807, 2.05) is 49.4 Å². The fourth-order valence-electron chi connectivity index (χ4n) is 2.44. The van der Waals surface area contributed by atoms with E-state index in [9.17, 15) is 4.79 Å². The molecule has 1 N–H and O–H groups in total. The molecule has 0 aliphatic rings. The quantitative estimate of drug-likeness (QED) is 0.712. The fourth-order valence-corrected chi connectivity index (χ4v) is 3.04. The summed E-state index contributed by atoms with van der Waals surface area (Å²) in [5.41, 5.74) is 1.84. The van der Waals surface area contributed by atoms with Crippen molar-refractivity contribution in [1.82, 2.24) is 5.32 Å². The summed E-state index contributed by atoms with van der Waals surface area (Å²) in [6.45, 7) is 2.22. The summed E-state index contributed by atoms with van der Waals surface area (Å²) in [5, 5.41) is 2.90. The standard InChI is InChI=1S/C19H22BrNO4/c1-4-16(14-10-17(23-2)18(24-3)11-15(14)20)21-19(22)25-12-13-8-6-5-7-9-13/h5-11,16H,4,12H2,1-3H3,(H,21,22)/t16-/m1/s1. The summed E-state index contributed by atoms with van der Waals surface area (Å²) in [6.07, 6.45) is 0.242. The molecule has 1 amide bonds. The van der Waals surface area contributed by atoms with Crippen LogP contribution in [0.3, 0.4) is 0 Å². The average molecular weight is 408 g/mol. The number of halogens is 1. The van der Waals surface area contributed by atoms with E-state index in [0.717, 1.165) is 15.6 Å². The molecular formula is C19H22BrNO4. The highest BCUT2D eigenvalue weighted by molar-refractivity contribution is 9.10. The van der Waals surface area contributed by atoms with Crippen LogP contribution >= 0.6 is 15.9 Å². The van der Waals surface area contributed by atoms with Gasteiger partial charge in [0.25, 0.3) is 0 Å². The number of rotatable bonds is 7. The highest BCUT2D eigenvalue weighted by Gasteiger charge is 2.19. The molecular weight excluding hydrogens is 386 g/mol. The lowest BCUT2D eigenvalue weighted by atomic mass is 10.0. The van der Waals surface area contributed by atoms with Crippen molar-refractivity contribution < 1.29 is 19.0 Å². The molecule has 6 heteroatoms. The first-order chi connectivity index (χ1) is 12.1. The zero-order valence-electron chi connectivity index (χ0n) is 14.5. The number of amides is 1. The van der Waals surface area contributed by atoms with E-state index < -0.39 is 6.09 Å². The smallest absolute Gasteiger partial charge is 0.407 e. The van der Waals surface area contributed by atoms with Crippen molar-refractivity contribution in [3.8, 4) is 11.5 Å². The van der Waals surface area contributed by atoms with Crippen LogP contribution < -0.4 is 14.8 Å². The second-order valence-corrected chi connectivity index (χ2v) is 6.25. The first-order valence-corrected chi connectivity index (χ1v) is 8.77. The van der Waals surface area contributed by atoms with Crippen molar-refractivity contribution in [2.75, 3.05) is 14.2 Å². The highest BCUT2D eigenvalue weighted by Crippen LogP contribution is 2.36. The molecule has 0 spiro atoms. The SMILES string of the molecule is CC[C@@H](NC(=O)OCc1ccccc1)c1cc(OC)c(OC)cc1Br. The molecule has 0 bridgehead atoms. The lowest BCUT2D eigenvalue weighted by molar-refractivity contribution is 0.135. The maximum Gasteiger partial charge on any atom is 0.407 e. The van der Waals surface area contributed by atoms with Gasteiger partial charge < -0.3 is 19.5 Å². The van der Waals surface area contributed by atoms with Gasteiger partial charge in [0.05, 0.1) is 20.3 Å². The topological polar surface area (TPSA) is 56.8 Å². The lowest BCUT2D eigenvalue weighted by Crippen LogP contribution is -2.29. The van der Waals surface area contributed by atoms with Crippen LogP contribution in [0.4, 0.5) is 4.79 Å². The minimum atomic E-state index is -0.461. The van der Waals surface area contributed by atoms with Crippen molar-refractivity contribution in [2.45, 2.75) is 26.0 Å². The Morgan fingerprint density at radius 3 is 2.36 bits per heavy atom. The number of ether oxygens (including phenoxy) is 3. The van der Waals surface area contributed by atoms with Crippen LogP contribution in [-0.2, 0) is 11.3 Å². The molecule has 0 aromatic heterocycles. The van der Waals surface area contributed by atoms with Crippen LogP contribution in [0, 0.1) is 0 Å².